The summed E-state index contributed by atoms with van der Waals surface area (Å²) in [4.78, 5) is 26.2. The molecule has 7 heteroatoms. The second-order valence-electron chi connectivity index (χ2n) is 3.82. The van der Waals surface area contributed by atoms with E-state index in [1.165, 1.54) is 23.0 Å². The highest BCUT2D eigenvalue weighted by molar-refractivity contribution is 5.88. The average molecular weight is 263 g/mol. The van der Waals surface area contributed by atoms with E-state index in [9.17, 15) is 14.0 Å². The lowest BCUT2D eigenvalue weighted by molar-refractivity contribution is 0.0692. The van der Waals surface area contributed by atoms with Gasteiger partial charge in [0.05, 0.1) is 5.56 Å². The summed E-state index contributed by atoms with van der Waals surface area (Å²) in [6.45, 7) is 0. The van der Waals surface area contributed by atoms with Crippen LogP contribution in [0.25, 0.3) is 0 Å². The minimum Gasteiger partial charge on any atom is -0.478 e. The Kier molecular flexibility index (Phi) is 3.28. The molecule has 2 N–H and O–H groups in total. The summed E-state index contributed by atoms with van der Waals surface area (Å²) in [6, 6.07) is 3.48. The number of hydrogen-bond donors (Lipinski definition) is 2. The Morgan fingerprint density at radius 3 is 2.84 bits per heavy atom. The van der Waals surface area contributed by atoms with Gasteiger partial charge in [0.15, 0.2) is 5.82 Å². The van der Waals surface area contributed by atoms with Gasteiger partial charge in [-0.1, -0.05) is 0 Å². The third-order valence-electron chi connectivity index (χ3n) is 2.48. The van der Waals surface area contributed by atoms with Crippen molar-refractivity contribution >= 4 is 17.5 Å². The zero-order chi connectivity index (χ0) is 14.0. The van der Waals surface area contributed by atoms with E-state index in [1.54, 1.807) is 7.05 Å². The van der Waals surface area contributed by atoms with Gasteiger partial charge in [-0.25, -0.2) is 14.2 Å². The van der Waals surface area contributed by atoms with Crippen molar-refractivity contribution in [2.45, 2.75) is 0 Å². The van der Waals surface area contributed by atoms with E-state index in [0.717, 1.165) is 12.1 Å². The fraction of sp³-hybridized carbons (Fsp3) is 0.0833. The topological polar surface area (TPSA) is 84.2 Å². The molecule has 0 aliphatic heterocycles. The summed E-state index contributed by atoms with van der Waals surface area (Å²) in [5.74, 6) is -2.20. The molecule has 6 nitrogen and oxygen atoms in total. The molecule has 0 spiro atoms. The summed E-state index contributed by atoms with van der Waals surface area (Å²) in [7, 11) is 1.56. The lowest BCUT2D eigenvalue weighted by Gasteiger charge is -2.07. The van der Waals surface area contributed by atoms with E-state index < -0.39 is 17.3 Å². The van der Waals surface area contributed by atoms with Crippen molar-refractivity contribution in [2.75, 3.05) is 5.32 Å². The van der Waals surface area contributed by atoms with Gasteiger partial charge in [-0.2, -0.15) is 0 Å². The molecule has 98 valence electrons. The van der Waals surface area contributed by atoms with E-state index in [0.29, 0.717) is 0 Å². The standard InChI is InChI=1S/C12H10FN3O3/c1-16-5-4-14-10(11(16)17)15-7-2-3-8(12(18)19)9(13)6-7/h2-6H,1H3,(H,14,15)(H,18,19). The highest BCUT2D eigenvalue weighted by Gasteiger charge is 2.11. The van der Waals surface area contributed by atoms with Gasteiger partial charge in [0.25, 0.3) is 5.56 Å². The van der Waals surface area contributed by atoms with Gasteiger partial charge in [-0.3, -0.25) is 4.79 Å². The number of rotatable bonds is 3. The summed E-state index contributed by atoms with van der Waals surface area (Å²) in [6.07, 6.45) is 2.91. The lowest BCUT2D eigenvalue weighted by Crippen LogP contribution is -2.20. The third-order valence-corrected chi connectivity index (χ3v) is 2.48. The quantitative estimate of drug-likeness (QED) is 0.873. The highest BCUT2D eigenvalue weighted by atomic mass is 19.1. The molecule has 1 heterocycles. The van der Waals surface area contributed by atoms with Gasteiger partial charge in [0.1, 0.15) is 5.82 Å². The number of aromatic carboxylic acids is 1. The van der Waals surface area contributed by atoms with Crippen molar-refractivity contribution < 1.29 is 14.3 Å². The molecule has 0 radical (unpaired) electrons. The molecule has 19 heavy (non-hydrogen) atoms. The van der Waals surface area contributed by atoms with Crippen molar-refractivity contribution in [3.8, 4) is 0 Å². The Morgan fingerprint density at radius 2 is 2.21 bits per heavy atom. The molecule has 2 rings (SSSR count). The molecule has 0 bridgehead atoms. The molecule has 0 unspecified atom stereocenters. The Hall–Kier alpha value is -2.70. The van der Waals surface area contributed by atoms with Crippen LogP contribution in [0, 0.1) is 5.82 Å². The van der Waals surface area contributed by atoms with E-state index in [4.69, 9.17) is 5.11 Å². The SMILES string of the molecule is Cn1ccnc(Nc2ccc(C(=O)O)c(F)c2)c1=O. The van der Waals surface area contributed by atoms with Crippen LogP contribution in [0.1, 0.15) is 10.4 Å². The molecule has 2 aromatic rings. The Bertz CT molecular complexity index is 697. The Balaban J connectivity index is 2.34. The Labute approximate surface area is 107 Å². The minimum atomic E-state index is -1.35. The fourth-order valence-electron chi connectivity index (χ4n) is 1.49. The van der Waals surface area contributed by atoms with Crippen molar-refractivity contribution in [1.82, 2.24) is 9.55 Å². The molecule has 0 saturated heterocycles. The number of anilines is 2. The van der Waals surface area contributed by atoms with Gasteiger partial charge in [-0.05, 0) is 18.2 Å². The highest BCUT2D eigenvalue weighted by Crippen LogP contribution is 2.16. The maximum absolute atomic E-state index is 13.5. The van der Waals surface area contributed by atoms with Crippen molar-refractivity contribution in [3.63, 3.8) is 0 Å². The average Bonchev–Trinajstić information content (AvgIpc) is 2.34. The molecule has 0 aliphatic carbocycles. The molecular weight excluding hydrogens is 253 g/mol. The van der Waals surface area contributed by atoms with Crippen molar-refractivity contribution in [1.29, 1.82) is 0 Å². The van der Waals surface area contributed by atoms with Gasteiger partial charge in [0, 0.05) is 25.1 Å². The van der Waals surface area contributed by atoms with Crippen molar-refractivity contribution in [2.24, 2.45) is 7.05 Å². The monoisotopic (exact) mass is 263 g/mol. The number of benzene rings is 1. The van der Waals surface area contributed by atoms with Crippen LogP contribution in [0.5, 0.6) is 0 Å². The smallest absolute Gasteiger partial charge is 0.338 e. The first-order chi connectivity index (χ1) is 8.99. The molecular formula is C12H10FN3O3. The van der Waals surface area contributed by atoms with E-state index in [2.05, 4.69) is 10.3 Å². The number of carbonyl (C=O) groups is 1. The number of halogens is 1. The van der Waals surface area contributed by atoms with Gasteiger partial charge in [0.2, 0.25) is 0 Å². The maximum Gasteiger partial charge on any atom is 0.338 e. The number of hydrogen-bond acceptors (Lipinski definition) is 4. The second kappa shape index (κ2) is 4.89. The number of carboxylic acid groups (broad SMARTS) is 1. The molecule has 1 aromatic carbocycles. The number of aromatic nitrogens is 2. The van der Waals surface area contributed by atoms with Crippen LogP contribution in [0.15, 0.2) is 35.4 Å². The first-order valence-electron chi connectivity index (χ1n) is 5.30. The largest absolute Gasteiger partial charge is 0.478 e. The van der Waals surface area contributed by atoms with Crippen LogP contribution in [-0.2, 0) is 7.05 Å². The molecule has 0 aliphatic rings. The van der Waals surface area contributed by atoms with E-state index >= 15 is 0 Å². The van der Waals surface area contributed by atoms with Crippen LogP contribution in [0.4, 0.5) is 15.9 Å². The summed E-state index contributed by atoms with van der Waals surface area (Å²) < 4.78 is 14.8. The minimum absolute atomic E-state index is 0.0347. The van der Waals surface area contributed by atoms with Gasteiger partial charge >= 0.3 is 5.97 Å². The number of nitrogens with zero attached hydrogens (tertiary/aromatic N) is 2. The van der Waals surface area contributed by atoms with Crippen LogP contribution >= 0.6 is 0 Å². The first-order valence-corrected chi connectivity index (χ1v) is 5.30. The maximum atomic E-state index is 13.5. The molecule has 0 amide bonds. The molecule has 0 fully saturated rings. The van der Waals surface area contributed by atoms with Crippen LogP contribution in [0.3, 0.4) is 0 Å². The predicted molar refractivity (Wildman–Crippen MR) is 66.1 cm³/mol. The third kappa shape index (κ3) is 2.59. The number of nitrogens with one attached hydrogen (secondary N) is 1. The van der Waals surface area contributed by atoms with Crippen LogP contribution in [-0.4, -0.2) is 20.6 Å². The van der Waals surface area contributed by atoms with Gasteiger partial charge < -0.3 is 15.0 Å². The first kappa shape index (κ1) is 12.7. The van der Waals surface area contributed by atoms with Crippen LogP contribution in [0.2, 0.25) is 0 Å². The molecule has 0 saturated carbocycles. The molecule has 1 aromatic heterocycles. The zero-order valence-corrected chi connectivity index (χ0v) is 9.92. The number of aryl methyl sites for hydroxylation is 1. The molecule has 0 atom stereocenters. The summed E-state index contributed by atoms with van der Waals surface area (Å²) >= 11 is 0. The normalized spacial score (nSPS) is 10.2. The van der Waals surface area contributed by atoms with E-state index in [1.807, 2.05) is 0 Å². The fourth-order valence-corrected chi connectivity index (χ4v) is 1.49. The second-order valence-corrected chi connectivity index (χ2v) is 3.82. The summed E-state index contributed by atoms with van der Waals surface area (Å²) in [5, 5.41) is 11.3. The van der Waals surface area contributed by atoms with Crippen LogP contribution < -0.4 is 10.9 Å². The van der Waals surface area contributed by atoms with Crippen molar-refractivity contribution in [3.05, 3.63) is 52.3 Å². The van der Waals surface area contributed by atoms with E-state index in [-0.39, 0.29) is 17.1 Å². The zero-order valence-electron chi connectivity index (χ0n) is 9.92. The number of carboxylic acids is 1. The predicted octanol–water partition coefficient (Wildman–Crippen LogP) is 1.36. The Morgan fingerprint density at radius 1 is 1.47 bits per heavy atom. The van der Waals surface area contributed by atoms with Gasteiger partial charge in [-0.15, -0.1) is 0 Å². The summed E-state index contributed by atoms with van der Waals surface area (Å²) in [5.41, 5.74) is -0.553. The lowest BCUT2D eigenvalue weighted by atomic mass is 10.2.